The Labute approximate surface area is 91.7 Å². The van der Waals surface area contributed by atoms with Crippen molar-refractivity contribution < 1.29 is 0 Å². The minimum Gasteiger partial charge on any atom is -0.365 e. The van der Waals surface area contributed by atoms with Gasteiger partial charge in [0.05, 0.1) is 0 Å². The fourth-order valence-corrected chi connectivity index (χ4v) is 2.50. The first kappa shape index (κ1) is 10.7. The van der Waals surface area contributed by atoms with Gasteiger partial charge in [-0.3, -0.25) is 0 Å². The van der Waals surface area contributed by atoms with E-state index in [0.717, 1.165) is 13.0 Å². The summed E-state index contributed by atoms with van der Waals surface area (Å²) in [7, 11) is 2.19. The van der Waals surface area contributed by atoms with Crippen LogP contribution in [0, 0.1) is 0 Å². The van der Waals surface area contributed by atoms with Gasteiger partial charge in [0.25, 0.3) is 0 Å². The van der Waals surface area contributed by atoms with Gasteiger partial charge in [-0.1, -0.05) is 6.42 Å². The number of aromatic nitrogens is 1. The molecular formula is C12H21N3. The van der Waals surface area contributed by atoms with Crippen LogP contribution in [0.3, 0.4) is 0 Å². The lowest BCUT2D eigenvalue weighted by Crippen LogP contribution is -2.43. The third kappa shape index (κ3) is 2.61. The van der Waals surface area contributed by atoms with Crippen LogP contribution in [-0.2, 0) is 6.42 Å². The second-order valence-corrected chi connectivity index (χ2v) is 4.59. The fourth-order valence-electron chi connectivity index (χ4n) is 2.50. The SMILES string of the molecule is CN(CCc1ccc[nH]1)C1CCCC1N. The maximum Gasteiger partial charge on any atom is 0.0244 e. The van der Waals surface area contributed by atoms with Gasteiger partial charge in [0.15, 0.2) is 0 Å². The first-order valence-corrected chi connectivity index (χ1v) is 5.85. The number of nitrogens with two attached hydrogens (primary N) is 1. The van der Waals surface area contributed by atoms with Crippen LogP contribution in [0.1, 0.15) is 25.0 Å². The van der Waals surface area contributed by atoms with Gasteiger partial charge in [0.1, 0.15) is 0 Å². The van der Waals surface area contributed by atoms with Gasteiger partial charge in [-0.25, -0.2) is 0 Å². The van der Waals surface area contributed by atoms with Crippen molar-refractivity contribution in [3.8, 4) is 0 Å². The Bertz CT molecular complexity index is 281. The van der Waals surface area contributed by atoms with Crippen molar-refractivity contribution in [2.75, 3.05) is 13.6 Å². The van der Waals surface area contributed by atoms with Gasteiger partial charge in [-0.15, -0.1) is 0 Å². The Morgan fingerprint density at radius 2 is 2.40 bits per heavy atom. The molecule has 1 fully saturated rings. The van der Waals surface area contributed by atoms with Crippen LogP contribution >= 0.6 is 0 Å². The van der Waals surface area contributed by atoms with E-state index in [1.807, 2.05) is 6.20 Å². The summed E-state index contributed by atoms with van der Waals surface area (Å²) in [5.41, 5.74) is 7.39. The van der Waals surface area contributed by atoms with Crippen molar-refractivity contribution in [3.05, 3.63) is 24.0 Å². The Morgan fingerprint density at radius 3 is 3.00 bits per heavy atom. The number of hydrogen-bond donors (Lipinski definition) is 2. The van der Waals surface area contributed by atoms with E-state index in [1.165, 1.54) is 25.0 Å². The molecule has 2 atom stereocenters. The average Bonchev–Trinajstić information content (AvgIpc) is 2.84. The second kappa shape index (κ2) is 4.81. The number of nitrogens with one attached hydrogen (secondary N) is 1. The average molecular weight is 207 g/mol. The topological polar surface area (TPSA) is 45.0 Å². The van der Waals surface area contributed by atoms with Crippen molar-refractivity contribution in [1.29, 1.82) is 0 Å². The summed E-state index contributed by atoms with van der Waals surface area (Å²) in [6.45, 7) is 1.10. The fraction of sp³-hybridized carbons (Fsp3) is 0.667. The standard InChI is InChI=1S/C12H21N3/c1-15(12-6-2-5-11(12)13)9-7-10-4-3-8-14-10/h3-4,8,11-12,14H,2,5-7,9,13H2,1H3. The molecule has 3 N–H and O–H groups in total. The third-order valence-corrected chi connectivity index (χ3v) is 3.49. The number of hydrogen-bond acceptors (Lipinski definition) is 2. The second-order valence-electron chi connectivity index (χ2n) is 4.59. The zero-order valence-corrected chi connectivity index (χ0v) is 9.45. The molecule has 1 saturated carbocycles. The summed E-state index contributed by atoms with van der Waals surface area (Å²) in [5, 5.41) is 0. The predicted octanol–water partition coefficient (Wildman–Crippen LogP) is 1.37. The molecular weight excluding hydrogens is 186 g/mol. The van der Waals surface area contributed by atoms with Gasteiger partial charge in [-0.05, 0) is 32.0 Å². The summed E-state index contributed by atoms with van der Waals surface area (Å²) < 4.78 is 0. The molecule has 0 spiro atoms. The quantitative estimate of drug-likeness (QED) is 0.783. The lowest BCUT2D eigenvalue weighted by molar-refractivity contribution is 0.230. The highest BCUT2D eigenvalue weighted by Crippen LogP contribution is 2.21. The van der Waals surface area contributed by atoms with Crippen molar-refractivity contribution in [2.45, 2.75) is 37.8 Å². The molecule has 0 bridgehead atoms. The van der Waals surface area contributed by atoms with E-state index in [1.54, 1.807) is 0 Å². The number of nitrogens with zero attached hydrogens (tertiary/aromatic N) is 1. The molecule has 3 nitrogen and oxygen atoms in total. The van der Waals surface area contributed by atoms with Crippen LogP contribution < -0.4 is 5.73 Å². The minimum absolute atomic E-state index is 0.388. The highest BCUT2D eigenvalue weighted by Gasteiger charge is 2.26. The lowest BCUT2D eigenvalue weighted by Gasteiger charge is -2.27. The Morgan fingerprint density at radius 1 is 1.53 bits per heavy atom. The van der Waals surface area contributed by atoms with Crippen molar-refractivity contribution in [1.82, 2.24) is 9.88 Å². The lowest BCUT2D eigenvalue weighted by atomic mass is 10.1. The summed E-state index contributed by atoms with van der Waals surface area (Å²) in [4.78, 5) is 5.65. The molecule has 1 heterocycles. The summed E-state index contributed by atoms with van der Waals surface area (Å²) >= 11 is 0. The van der Waals surface area contributed by atoms with Crippen LogP contribution in [0.15, 0.2) is 18.3 Å². The van der Waals surface area contributed by atoms with Crippen LogP contribution in [0.4, 0.5) is 0 Å². The molecule has 2 unspecified atom stereocenters. The van der Waals surface area contributed by atoms with Gasteiger partial charge in [0.2, 0.25) is 0 Å². The van der Waals surface area contributed by atoms with Crippen LogP contribution in [0.25, 0.3) is 0 Å². The molecule has 0 saturated heterocycles. The van der Waals surface area contributed by atoms with Crippen LogP contribution in [0.5, 0.6) is 0 Å². The summed E-state index contributed by atoms with van der Waals surface area (Å²) in [5.74, 6) is 0. The molecule has 1 aliphatic carbocycles. The molecule has 2 rings (SSSR count). The van der Waals surface area contributed by atoms with Gasteiger partial charge in [0, 0.05) is 36.9 Å². The van der Waals surface area contributed by atoms with E-state index in [2.05, 4.69) is 29.1 Å². The summed E-state index contributed by atoms with van der Waals surface area (Å²) in [6, 6.07) is 5.18. The van der Waals surface area contributed by atoms with Gasteiger partial charge < -0.3 is 15.6 Å². The third-order valence-electron chi connectivity index (χ3n) is 3.49. The Hall–Kier alpha value is -0.800. The molecule has 0 aromatic carbocycles. The molecule has 3 heteroatoms. The smallest absolute Gasteiger partial charge is 0.0244 e. The zero-order valence-electron chi connectivity index (χ0n) is 9.45. The number of likely N-dealkylation sites (N-methyl/N-ethyl adjacent to an activating group) is 1. The number of aromatic amines is 1. The molecule has 1 aliphatic rings. The highest BCUT2D eigenvalue weighted by molar-refractivity contribution is 5.04. The minimum atomic E-state index is 0.388. The molecule has 0 amide bonds. The monoisotopic (exact) mass is 207 g/mol. The van der Waals surface area contributed by atoms with E-state index in [4.69, 9.17) is 5.73 Å². The molecule has 1 aromatic heterocycles. The molecule has 84 valence electrons. The van der Waals surface area contributed by atoms with Gasteiger partial charge >= 0.3 is 0 Å². The summed E-state index contributed by atoms with van der Waals surface area (Å²) in [6.07, 6.45) is 6.82. The first-order valence-electron chi connectivity index (χ1n) is 5.85. The van der Waals surface area contributed by atoms with E-state index in [9.17, 15) is 0 Å². The molecule has 0 aliphatic heterocycles. The van der Waals surface area contributed by atoms with Crippen molar-refractivity contribution in [2.24, 2.45) is 5.73 Å². The highest BCUT2D eigenvalue weighted by atomic mass is 15.1. The Balaban J connectivity index is 1.79. The van der Waals surface area contributed by atoms with Crippen LogP contribution in [-0.4, -0.2) is 35.6 Å². The van der Waals surface area contributed by atoms with Gasteiger partial charge in [-0.2, -0.15) is 0 Å². The number of rotatable bonds is 4. The maximum absolute atomic E-state index is 6.08. The number of H-pyrrole nitrogens is 1. The van der Waals surface area contributed by atoms with Crippen LogP contribution in [0.2, 0.25) is 0 Å². The predicted molar refractivity (Wildman–Crippen MR) is 62.7 cm³/mol. The van der Waals surface area contributed by atoms with Crippen molar-refractivity contribution >= 4 is 0 Å². The van der Waals surface area contributed by atoms with E-state index >= 15 is 0 Å². The molecule has 15 heavy (non-hydrogen) atoms. The Kier molecular flexibility index (Phi) is 3.44. The largest absolute Gasteiger partial charge is 0.365 e. The van der Waals surface area contributed by atoms with E-state index < -0.39 is 0 Å². The maximum atomic E-state index is 6.08. The zero-order chi connectivity index (χ0) is 10.7. The molecule has 1 aromatic rings. The van der Waals surface area contributed by atoms with Crippen molar-refractivity contribution in [3.63, 3.8) is 0 Å². The van der Waals surface area contributed by atoms with E-state index in [-0.39, 0.29) is 0 Å². The first-order chi connectivity index (χ1) is 7.27. The molecule has 0 radical (unpaired) electrons. The normalized spacial score (nSPS) is 26.3. The van der Waals surface area contributed by atoms with E-state index in [0.29, 0.717) is 12.1 Å².